The third-order valence-corrected chi connectivity index (χ3v) is 12.9. The number of carboxylic acid groups (broad SMARTS) is 1. The van der Waals surface area contributed by atoms with Gasteiger partial charge in [-0.15, -0.1) is 9.24 Å². The number of aromatic nitrogens is 2. The summed E-state index contributed by atoms with van der Waals surface area (Å²) in [6.07, 6.45) is 3.52. The van der Waals surface area contributed by atoms with Crippen LogP contribution in [0.25, 0.3) is 17.1 Å². The summed E-state index contributed by atoms with van der Waals surface area (Å²) in [6.45, 7) is 7.08. The molecule has 0 atom stereocenters. The van der Waals surface area contributed by atoms with Crippen molar-refractivity contribution >= 4 is 38.0 Å². The van der Waals surface area contributed by atoms with Gasteiger partial charge in [0, 0.05) is 66.4 Å². The number of carboxylic acids is 1. The molecule has 1 aliphatic rings. The van der Waals surface area contributed by atoms with Gasteiger partial charge in [0.15, 0.2) is 11.0 Å². The number of methoxy groups -OCH3 is 2. The average molecular weight is 571 g/mol. The number of imidazole rings is 1. The molecule has 218 valence electrons. The topological polar surface area (TPSA) is 103 Å². The first-order valence-electron chi connectivity index (χ1n) is 13.8. The number of hydrogen-bond acceptors (Lipinski definition) is 6. The first kappa shape index (κ1) is 29.6. The highest BCUT2D eigenvalue weighted by molar-refractivity contribution is 8.17. The summed E-state index contributed by atoms with van der Waals surface area (Å²) in [7, 11) is 2.36. The largest absolute Gasteiger partial charge is 0.546 e. The predicted octanol–water partition coefficient (Wildman–Crippen LogP) is 3.43. The van der Waals surface area contributed by atoms with E-state index < -0.39 is 15.2 Å². The zero-order valence-electron chi connectivity index (χ0n) is 24.5. The first-order valence-corrected chi connectivity index (χ1v) is 16.3. The Bertz CT molecular complexity index is 1520. The van der Waals surface area contributed by atoms with Gasteiger partial charge >= 0.3 is 0 Å². The van der Waals surface area contributed by atoms with Crippen molar-refractivity contribution in [1.29, 1.82) is 0 Å². The van der Waals surface area contributed by atoms with Gasteiger partial charge < -0.3 is 28.8 Å². The quantitative estimate of drug-likeness (QED) is 0.335. The normalized spacial score (nSPS) is 15.2. The van der Waals surface area contributed by atoms with Gasteiger partial charge in [-0.05, 0) is 37.1 Å². The summed E-state index contributed by atoms with van der Waals surface area (Å²) in [4.78, 5) is 14.1. The minimum atomic E-state index is -2.83. The molecule has 0 spiro atoms. The molecule has 0 radical (unpaired) electrons. The van der Waals surface area contributed by atoms with E-state index in [2.05, 4.69) is 17.0 Å². The van der Waals surface area contributed by atoms with Gasteiger partial charge in [0.05, 0.1) is 27.2 Å². The molecule has 0 fully saturated rings. The van der Waals surface area contributed by atoms with Gasteiger partial charge in [0.1, 0.15) is 18.0 Å². The van der Waals surface area contributed by atoms with Gasteiger partial charge in [-0.3, -0.25) is 4.36 Å². The van der Waals surface area contributed by atoms with Gasteiger partial charge in [-0.1, -0.05) is 19.9 Å². The van der Waals surface area contributed by atoms with Gasteiger partial charge in [-0.25, -0.2) is 9.13 Å². The number of rotatable bonds is 12. The molecule has 1 N–H and O–H groups in total. The van der Waals surface area contributed by atoms with Crippen LogP contribution in [0.15, 0.2) is 46.5 Å². The first-order chi connectivity index (χ1) is 19.1. The highest BCUT2D eigenvalue weighted by atomic mass is 32.3. The molecule has 0 saturated heterocycles. The van der Waals surface area contributed by atoms with E-state index >= 15 is 0 Å². The minimum Gasteiger partial charge on any atom is -0.546 e. The molecule has 0 amide bonds. The highest BCUT2D eigenvalue weighted by Gasteiger charge is 2.31. The molecule has 10 heteroatoms. The maximum Gasteiger partial charge on any atom is 0.284 e. The lowest BCUT2D eigenvalue weighted by Crippen LogP contribution is -2.42. The molecule has 2 aromatic carbocycles. The van der Waals surface area contributed by atoms with Crippen LogP contribution < -0.4 is 24.0 Å². The average Bonchev–Trinajstić information content (AvgIpc) is 3.42. The number of anilines is 1. The van der Waals surface area contributed by atoms with Gasteiger partial charge in [-0.2, -0.15) is 0 Å². The number of benzene rings is 2. The molecule has 1 aromatic heterocycles. The molecule has 0 unspecified atom stereocenters. The van der Waals surface area contributed by atoms with E-state index in [1.54, 1.807) is 18.8 Å². The van der Waals surface area contributed by atoms with E-state index in [-0.39, 0.29) is 6.54 Å². The second-order valence-electron chi connectivity index (χ2n) is 10.2. The van der Waals surface area contributed by atoms with Crippen LogP contribution in [-0.4, -0.2) is 59.7 Å². The van der Waals surface area contributed by atoms with Crippen molar-refractivity contribution in [2.75, 3.05) is 49.5 Å². The Morgan fingerprint density at radius 2 is 1.80 bits per heavy atom. The Kier molecular flexibility index (Phi) is 8.60. The van der Waals surface area contributed by atoms with Crippen LogP contribution >= 0.6 is 0 Å². The minimum absolute atomic E-state index is 0.284. The van der Waals surface area contributed by atoms with Crippen LogP contribution in [-0.2, 0) is 34.0 Å². The predicted molar refractivity (Wildman–Crippen MR) is 160 cm³/mol. The standard InChI is InChI=1S/C30H42N4O5S/c1-7-31-40(37,8-2,9-3)16-10-15-33-23(17-22-11-12-24(38-5)19-27(22)33)18-29-32(4)26-14-13-25(39-6)20-28(26)34(29)21-30(35)36/h11-14,18-20H,7-10,15-17,21H2,1-6H3,(H-,31,35,36,37). The van der Waals surface area contributed by atoms with E-state index in [0.717, 1.165) is 40.4 Å². The fraction of sp³-hybridized carbons (Fsp3) is 0.467. The SMILES string of the molecule is CCN=S(O)(CC)(CC)CCCN1C(=Cc2n(CC(=O)[O-])c3cc(OC)ccc3[n+]2C)Cc2ccc(OC)cc21. The van der Waals surface area contributed by atoms with E-state index in [1.165, 1.54) is 5.56 Å². The number of aryl methyl sites for hydroxylation is 1. The number of ether oxygens (including phenoxy) is 2. The lowest BCUT2D eigenvalue weighted by molar-refractivity contribution is -0.647. The molecule has 3 aromatic rings. The van der Waals surface area contributed by atoms with E-state index in [0.29, 0.717) is 42.5 Å². The van der Waals surface area contributed by atoms with E-state index in [4.69, 9.17) is 13.8 Å². The van der Waals surface area contributed by atoms with Crippen LogP contribution in [0.3, 0.4) is 0 Å². The van der Waals surface area contributed by atoms with Gasteiger partial charge in [0.25, 0.3) is 5.82 Å². The number of aliphatic carboxylic acids is 1. The zero-order chi connectivity index (χ0) is 29.1. The second-order valence-corrected chi connectivity index (χ2v) is 15.0. The van der Waals surface area contributed by atoms with Crippen molar-refractivity contribution < 1.29 is 28.5 Å². The number of carbonyl (C=O) groups is 1. The summed E-state index contributed by atoms with van der Waals surface area (Å²) in [5.41, 5.74) is 4.92. The third kappa shape index (κ3) is 5.60. The zero-order valence-corrected chi connectivity index (χ0v) is 25.3. The number of nitrogens with zero attached hydrogens (tertiary/aromatic N) is 4. The molecule has 1 aliphatic heterocycles. The van der Waals surface area contributed by atoms with Crippen molar-refractivity contribution in [3.63, 3.8) is 0 Å². The number of hydrogen-bond donors (Lipinski definition) is 1. The van der Waals surface area contributed by atoms with Crippen molar-refractivity contribution in [3.8, 4) is 11.5 Å². The van der Waals surface area contributed by atoms with Crippen molar-refractivity contribution in [1.82, 2.24) is 4.57 Å². The summed E-state index contributed by atoms with van der Waals surface area (Å²) in [6, 6.07) is 11.7. The Labute approximate surface area is 236 Å². The molecule has 0 saturated carbocycles. The van der Waals surface area contributed by atoms with Crippen LogP contribution in [0.5, 0.6) is 11.5 Å². The van der Waals surface area contributed by atoms with Crippen molar-refractivity contribution in [3.05, 3.63) is 53.5 Å². The molecule has 9 nitrogen and oxygen atoms in total. The van der Waals surface area contributed by atoms with Gasteiger partial charge in [0.2, 0.25) is 0 Å². The van der Waals surface area contributed by atoms with Crippen molar-refractivity contribution in [2.24, 2.45) is 11.4 Å². The fourth-order valence-corrected chi connectivity index (χ4v) is 8.65. The molecular weight excluding hydrogens is 528 g/mol. The third-order valence-electron chi connectivity index (χ3n) is 8.13. The lowest BCUT2D eigenvalue weighted by Gasteiger charge is -2.42. The molecular formula is C30H42N4O5S. The van der Waals surface area contributed by atoms with Crippen LogP contribution in [0, 0.1) is 0 Å². The Morgan fingerprint density at radius 3 is 2.42 bits per heavy atom. The Morgan fingerprint density at radius 1 is 1.12 bits per heavy atom. The van der Waals surface area contributed by atoms with E-state index in [9.17, 15) is 14.5 Å². The van der Waals surface area contributed by atoms with Crippen LogP contribution in [0.4, 0.5) is 5.69 Å². The summed E-state index contributed by atoms with van der Waals surface area (Å²) in [5.74, 6) is 2.99. The highest BCUT2D eigenvalue weighted by Crippen LogP contribution is 2.39. The number of allylic oxidation sites excluding steroid dienone is 1. The maximum absolute atomic E-state index is 11.8. The molecule has 0 bridgehead atoms. The van der Waals surface area contributed by atoms with Crippen LogP contribution in [0.2, 0.25) is 0 Å². The molecule has 4 rings (SSSR count). The smallest absolute Gasteiger partial charge is 0.284 e. The number of carbonyl (C=O) groups excluding carboxylic acids is 1. The Hall–Kier alpha value is -3.37. The number of fused-ring (bicyclic) bond motifs is 2. The fourth-order valence-electron chi connectivity index (χ4n) is 5.71. The molecule has 40 heavy (non-hydrogen) atoms. The lowest BCUT2D eigenvalue weighted by atomic mass is 10.1. The summed E-state index contributed by atoms with van der Waals surface area (Å²) < 4.78 is 31.2. The van der Waals surface area contributed by atoms with Crippen molar-refractivity contribution in [2.45, 2.75) is 40.2 Å². The monoisotopic (exact) mass is 570 g/mol. The summed E-state index contributed by atoms with van der Waals surface area (Å²) in [5, 5.41) is 11.8. The van der Waals surface area contributed by atoms with E-state index in [1.807, 2.05) is 62.7 Å². The van der Waals surface area contributed by atoms with Crippen LogP contribution in [0.1, 0.15) is 38.6 Å². The summed E-state index contributed by atoms with van der Waals surface area (Å²) >= 11 is 0. The Balaban J connectivity index is 1.80. The maximum atomic E-state index is 11.8. The second kappa shape index (κ2) is 11.6. The molecule has 0 aliphatic carbocycles. The molecule has 2 heterocycles.